The van der Waals surface area contributed by atoms with E-state index in [0.717, 1.165) is 73.1 Å². The topological polar surface area (TPSA) is 109 Å². The number of ether oxygens (including phenoxy) is 2. The van der Waals surface area contributed by atoms with Crippen LogP contribution >= 0.6 is 0 Å². The van der Waals surface area contributed by atoms with Crippen molar-refractivity contribution in [3.05, 3.63) is 30.1 Å². The number of aromatic nitrogens is 4. The number of benzene rings is 1. The molecule has 37 heavy (non-hydrogen) atoms. The van der Waals surface area contributed by atoms with Crippen molar-refractivity contribution in [2.75, 3.05) is 93.3 Å². The van der Waals surface area contributed by atoms with Gasteiger partial charge >= 0.3 is 0 Å². The number of nitrogens with one attached hydrogen (secondary N) is 1. The first kappa shape index (κ1) is 25.4. The number of piperazine rings is 1. The number of rotatable bonds is 8. The van der Waals surface area contributed by atoms with Gasteiger partial charge in [-0.25, -0.2) is 15.0 Å². The minimum Gasteiger partial charge on any atom is -0.493 e. The Kier molecular flexibility index (Phi) is 7.85. The molecule has 198 valence electrons. The van der Waals surface area contributed by atoms with Gasteiger partial charge in [0.1, 0.15) is 17.4 Å². The normalized spacial score (nSPS) is 16.7. The molecular weight excluding hydrogens is 492 g/mol. The van der Waals surface area contributed by atoms with E-state index in [4.69, 9.17) is 19.4 Å². The van der Waals surface area contributed by atoms with Crippen LogP contribution in [0.3, 0.4) is 0 Å². The minimum atomic E-state index is -0.777. The molecule has 0 saturated carbocycles. The maximum atomic E-state index is 12.0. The second kappa shape index (κ2) is 11.4. The molecule has 0 aliphatic carbocycles. The lowest BCUT2D eigenvalue weighted by molar-refractivity contribution is 0.354. The van der Waals surface area contributed by atoms with Gasteiger partial charge in [-0.2, -0.15) is 4.98 Å². The van der Waals surface area contributed by atoms with Gasteiger partial charge in [-0.3, -0.25) is 4.21 Å². The summed E-state index contributed by atoms with van der Waals surface area (Å²) < 4.78 is 22.8. The minimum absolute atomic E-state index is 0.637. The van der Waals surface area contributed by atoms with Crippen molar-refractivity contribution < 1.29 is 13.7 Å². The lowest BCUT2D eigenvalue weighted by Gasteiger charge is -2.31. The zero-order valence-electron chi connectivity index (χ0n) is 21.6. The average molecular weight is 527 g/mol. The van der Waals surface area contributed by atoms with Crippen molar-refractivity contribution in [1.82, 2.24) is 25.3 Å². The summed E-state index contributed by atoms with van der Waals surface area (Å²) in [5.41, 5.74) is 2.61. The SMILES string of the molecule is COc1ccc(CCN(C)c2ncnc3c(N4CCS(=O)CC4)nc(N4CCNCC4)nc23)cc1OC. The van der Waals surface area contributed by atoms with Crippen LogP contribution in [0.4, 0.5) is 17.6 Å². The quantitative estimate of drug-likeness (QED) is 0.456. The number of hydrogen-bond donors (Lipinski definition) is 1. The molecule has 0 unspecified atom stereocenters. The van der Waals surface area contributed by atoms with E-state index >= 15 is 0 Å². The lowest BCUT2D eigenvalue weighted by atomic mass is 10.1. The summed E-state index contributed by atoms with van der Waals surface area (Å²) in [4.78, 5) is 25.8. The molecule has 0 radical (unpaired) electrons. The summed E-state index contributed by atoms with van der Waals surface area (Å²) in [5, 5.41) is 3.39. The van der Waals surface area contributed by atoms with Gasteiger partial charge in [-0.05, 0) is 24.1 Å². The standard InChI is InChI=1S/C25H34N8O3S/c1-31(9-6-18-4-5-19(35-2)20(16-18)36-3)23-22-21(27-17-28-23)24(32-12-14-37(34)15-13-32)30-25(29-22)33-10-7-26-8-11-33/h4-5,16-17,26H,6-15H2,1-3H3. The van der Waals surface area contributed by atoms with Gasteiger partial charge < -0.3 is 29.5 Å². The molecule has 0 amide bonds. The second-order valence-corrected chi connectivity index (χ2v) is 10.9. The number of methoxy groups -OCH3 is 2. The van der Waals surface area contributed by atoms with Crippen molar-refractivity contribution in [3.8, 4) is 11.5 Å². The number of hydrogen-bond acceptors (Lipinski definition) is 11. The fraction of sp³-hybridized carbons (Fsp3) is 0.520. The Morgan fingerprint density at radius 2 is 1.73 bits per heavy atom. The van der Waals surface area contributed by atoms with Crippen LogP contribution in [-0.4, -0.2) is 103 Å². The highest BCUT2D eigenvalue weighted by molar-refractivity contribution is 7.85. The van der Waals surface area contributed by atoms with E-state index in [0.29, 0.717) is 36.3 Å². The molecule has 1 aromatic carbocycles. The predicted octanol–water partition coefficient (Wildman–Crippen LogP) is 1.09. The lowest BCUT2D eigenvalue weighted by Crippen LogP contribution is -2.44. The van der Waals surface area contributed by atoms with Crippen LogP contribution in [0, 0.1) is 0 Å². The summed E-state index contributed by atoms with van der Waals surface area (Å²) in [6, 6.07) is 5.99. The number of likely N-dealkylation sites (N-methyl/N-ethyl adjacent to an activating group) is 1. The molecular formula is C25H34N8O3S. The average Bonchev–Trinajstić information content (AvgIpc) is 2.95. The van der Waals surface area contributed by atoms with E-state index in [1.54, 1.807) is 20.5 Å². The first-order chi connectivity index (χ1) is 18.1. The van der Waals surface area contributed by atoms with Gasteiger partial charge in [0.2, 0.25) is 5.95 Å². The van der Waals surface area contributed by atoms with E-state index in [1.807, 2.05) is 19.2 Å². The molecule has 11 nitrogen and oxygen atoms in total. The smallest absolute Gasteiger partial charge is 0.228 e. The van der Waals surface area contributed by atoms with Crippen LogP contribution in [0.25, 0.3) is 11.0 Å². The molecule has 2 aliphatic heterocycles. The molecule has 0 atom stereocenters. The monoisotopic (exact) mass is 526 g/mol. The van der Waals surface area contributed by atoms with Gasteiger partial charge in [0.15, 0.2) is 23.1 Å². The molecule has 2 aromatic heterocycles. The summed E-state index contributed by atoms with van der Waals surface area (Å²) in [6.07, 6.45) is 2.38. The third-order valence-electron chi connectivity index (χ3n) is 6.86. The van der Waals surface area contributed by atoms with Crippen LogP contribution in [-0.2, 0) is 17.2 Å². The van der Waals surface area contributed by atoms with Gasteiger partial charge in [0, 0.05) is 75.2 Å². The Morgan fingerprint density at radius 3 is 2.46 bits per heavy atom. The van der Waals surface area contributed by atoms with E-state index < -0.39 is 10.8 Å². The Bertz CT molecular complexity index is 1260. The highest BCUT2D eigenvalue weighted by Gasteiger charge is 2.25. The van der Waals surface area contributed by atoms with Crippen molar-refractivity contribution in [2.24, 2.45) is 0 Å². The molecule has 5 rings (SSSR count). The summed E-state index contributed by atoms with van der Waals surface area (Å²) in [6.45, 7) is 5.57. The van der Waals surface area contributed by atoms with E-state index in [1.165, 1.54) is 0 Å². The maximum Gasteiger partial charge on any atom is 0.228 e. The van der Waals surface area contributed by atoms with Crippen molar-refractivity contribution >= 4 is 39.4 Å². The number of nitrogens with zero attached hydrogens (tertiary/aromatic N) is 7. The fourth-order valence-corrected chi connectivity index (χ4v) is 5.76. The van der Waals surface area contributed by atoms with E-state index in [9.17, 15) is 4.21 Å². The molecule has 3 aromatic rings. The molecule has 2 fully saturated rings. The summed E-state index contributed by atoms with van der Waals surface area (Å²) in [5.74, 6) is 4.97. The Labute approximate surface area is 219 Å². The zero-order valence-corrected chi connectivity index (χ0v) is 22.5. The van der Waals surface area contributed by atoms with Gasteiger partial charge in [-0.1, -0.05) is 6.07 Å². The van der Waals surface area contributed by atoms with Gasteiger partial charge in [0.25, 0.3) is 0 Å². The fourth-order valence-electron chi connectivity index (χ4n) is 4.70. The Balaban J connectivity index is 1.47. The van der Waals surface area contributed by atoms with E-state index in [2.05, 4.69) is 36.1 Å². The molecule has 12 heteroatoms. The summed E-state index contributed by atoms with van der Waals surface area (Å²) >= 11 is 0. The van der Waals surface area contributed by atoms with Gasteiger partial charge in [-0.15, -0.1) is 0 Å². The van der Waals surface area contributed by atoms with Crippen molar-refractivity contribution in [3.63, 3.8) is 0 Å². The predicted molar refractivity (Wildman–Crippen MR) is 147 cm³/mol. The molecule has 2 saturated heterocycles. The van der Waals surface area contributed by atoms with Crippen LogP contribution in [0.1, 0.15) is 5.56 Å². The van der Waals surface area contributed by atoms with E-state index in [-0.39, 0.29) is 0 Å². The molecule has 0 spiro atoms. The Morgan fingerprint density at radius 1 is 0.973 bits per heavy atom. The second-order valence-electron chi connectivity index (χ2n) is 9.17. The molecule has 4 heterocycles. The Hall–Kier alpha value is -3.25. The third kappa shape index (κ3) is 5.54. The third-order valence-corrected chi connectivity index (χ3v) is 8.13. The highest BCUT2D eigenvalue weighted by atomic mass is 32.2. The first-order valence-electron chi connectivity index (χ1n) is 12.6. The molecule has 0 bridgehead atoms. The first-order valence-corrected chi connectivity index (χ1v) is 14.1. The van der Waals surface area contributed by atoms with Gasteiger partial charge in [0.05, 0.1) is 14.2 Å². The van der Waals surface area contributed by atoms with Crippen LogP contribution in [0.2, 0.25) is 0 Å². The van der Waals surface area contributed by atoms with Crippen molar-refractivity contribution in [1.29, 1.82) is 0 Å². The van der Waals surface area contributed by atoms with Crippen LogP contribution < -0.4 is 29.5 Å². The van der Waals surface area contributed by atoms with Crippen LogP contribution in [0.15, 0.2) is 24.5 Å². The molecule has 2 aliphatic rings. The number of anilines is 3. The van der Waals surface area contributed by atoms with Crippen molar-refractivity contribution in [2.45, 2.75) is 6.42 Å². The zero-order chi connectivity index (χ0) is 25.8. The van der Waals surface area contributed by atoms with Crippen LogP contribution in [0.5, 0.6) is 11.5 Å². The maximum absolute atomic E-state index is 12.0. The highest BCUT2D eigenvalue weighted by Crippen LogP contribution is 2.31. The largest absolute Gasteiger partial charge is 0.493 e. The summed E-state index contributed by atoms with van der Waals surface area (Å²) in [7, 11) is 4.53. The molecule has 1 N–H and O–H groups in total. The number of fused-ring (bicyclic) bond motifs is 1.